The van der Waals surface area contributed by atoms with Gasteiger partial charge in [0, 0.05) is 32.1 Å². The number of hydrogen-bond acceptors (Lipinski definition) is 8. The number of rotatable bonds is 6. The minimum Gasteiger partial charge on any atom is -0.480 e. The predicted molar refractivity (Wildman–Crippen MR) is 121 cm³/mol. The average Bonchev–Trinajstić information content (AvgIpc) is 3.58. The fourth-order valence-electron chi connectivity index (χ4n) is 4.17. The molecule has 1 aliphatic carbocycles. The fraction of sp³-hybridized carbons (Fsp3) is 0.636. The Morgan fingerprint density at radius 2 is 1.84 bits per heavy atom. The van der Waals surface area contributed by atoms with Crippen molar-refractivity contribution in [2.75, 3.05) is 23.8 Å². The monoisotopic (exact) mass is 531 g/mol. The van der Waals surface area contributed by atoms with Crippen molar-refractivity contribution in [1.82, 2.24) is 15.1 Å². The van der Waals surface area contributed by atoms with Crippen LogP contribution in [0.1, 0.15) is 45.7 Å². The number of aromatic nitrogens is 2. The number of hydrogen-bond donors (Lipinski definition) is 3. The molecule has 3 amide bonds. The van der Waals surface area contributed by atoms with Crippen molar-refractivity contribution in [1.29, 1.82) is 0 Å². The zero-order valence-electron chi connectivity index (χ0n) is 20.6. The summed E-state index contributed by atoms with van der Waals surface area (Å²) in [6.45, 7) is 3.74. The topological polar surface area (TPSA) is 162 Å². The van der Waals surface area contributed by atoms with Gasteiger partial charge in [-0.05, 0) is 40.0 Å². The number of nitrogens with zero attached hydrogens (tertiary/aromatic N) is 4. The number of anilines is 2. The standard InChI is InChI=1S/C22H28F3N5O7/c1-20(2,3)37-18(34)26-15-7-14(29(4)12-5-6-12)13(27-28-15)9-21(17(32)33)8-11(22(23,24)25)10-30(16(21)31)19(35)36/h7,11-12H,5-6,8-10H2,1-4H3,(H,32,33)(H,35,36)(H,26,28,34)/t11-,21?/m1/s1. The molecule has 0 spiro atoms. The molecule has 1 unspecified atom stereocenters. The van der Waals surface area contributed by atoms with Crippen LogP contribution in [0.5, 0.6) is 0 Å². The summed E-state index contributed by atoms with van der Waals surface area (Å²) in [7, 11) is 1.65. The van der Waals surface area contributed by atoms with Gasteiger partial charge in [-0.2, -0.15) is 18.3 Å². The maximum absolute atomic E-state index is 13.7. The number of piperidine rings is 1. The van der Waals surface area contributed by atoms with Crippen molar-refractivity contribution in [2.45, 2.75) is 64.3 Å². The van der Waals surface area contributed by atoms with E-state index in [1.165, 1.54) is 6.07 Å². The average molecular weight is 531 g/mol. The highest BCUT2D eigenvalue weighted by Gasteiger charge is 2.60. The summed E-state index contributed by atoms with van der Waals surface area (Å²) in [5.41, 5.74) is -3.48. The number of likely N-dealkylation sites (tertiary alicyclic amines) is 1. The summed E-state index contributed by atoms with van der Waals surface area (Å²) >= 11 is 0. The molecule has 2 fully saturated rings. The van der Waals surface area contributed by atoms with Gasteiger partial charge in [-0.3, -0.25) is 14.9 Å². The fourth-order valence-corrected chi connectivity index (χ4v) is 4.17. The lowest BCUT2D eigenvalue weighted by molar-refractivity contribution is -0.203. The van der Waals surface area contributed by atoms with Crippen LogP contribution < -0.4 is 10.2 Å². The number of halogens is 3. The molecule has 1 saturated heterocycles. The quantitative estimate of drug-likeness (QED) is 0.465. The minimum absolute atomic E-state index is 0.0126. The Bertz CT molecular complexity index is 1100. The van der Waals surface area contributed by atoms with E-state index in [9.17, 15) is 42.6 Å². The normalized spacial score (nSPS) is 22.4. The van der Waals surface area contributed by atoms with E-state index in [2.05, 4.69) is 15.5 Å². The molecule has 1 aromatic rings. The van der Waals surface area contributed by atoms with Crippen LogP contribution in [0, 0.1) is 11.3 Å². The molecule has 15 heteroatoms. The highest BCUT2D eigenvalue weighted by molar-refractivity contribution is 6.07. The first-order chi connectivity index (χ1) is 16.9. The smallest absolute Gasteiger partial charge is 0.414 e. The van der Waals surface area contributed by atoms with Crippen molar-refractivity contribution in [3.63, 3.8) is 0 Å². The Kier molecular flexibility index (Phi) is 7.30. The van der Waals surface area contributed by atoms with Crippen molar-refractivity contribution in [3.8, 4) is 0 Å². The number of carbonyl (C=O) groups excluding carboxylic acids is 2. The second-order valence-electron chi connectivity index (χ2n) is 10.2. The van der Waals surface area contributed by atoms with Gasteiger partial charge in [-0.15, -0.1) is 5.10 Å². The summed E-state index contributed by atoms with van der Waals surface area (Å²) in [4.78, 5) is 50.7. The Morgan fingerprint density at radius 1 is 1.22 bits per heavy atom. The van der Waals surface area contributed by atoms with Crippen molar-refractivity contribution in [3.05, 3.63) is 11.8 Å². The molecule has 1 aromatic heterocycles. The molecule has 0 aromatic carbocycles. The number of imide groups is 1. The first kappa shape index (κ1) is 27.9. The Balaban J connectivity index is 2.04. The van der Waals surface area contributed by atoms with Crippen LogP contribution in [0.25, 0.3) is 0 Å². The van der Waals surface area contributed by atoms with Gasteiger partial charge in [0.05, 0.1) is 17.3 Å². The maximum Gasteiger partial charge on any atom is 0.414 e. The molecule has 3 rings (SSSR count). The summed E-state index contributed by atoms with van der Waals surface area (Å²) < 4.78 is 46.1. The van der Waals surface area contributed by atoms with E-state index >= 15 is 0 Å². The van der Waals surface area contributed by atoms with Crippen LogP contribution >= 0.6 is 0 Å². The molecule has 12 nitrogen and oxygen atoms in total. The van der Waals surface area contributed by atoms with Gasteiger partial charge in [0.15, 0.2) is 11.2 Å². The number of alkyl halides is 3. The maximum atomic E-state index is 13.7. The van der Waals surface area contributed by atoms with Gasteiger partial charge in [0.1, 0.15) is 5.60 Å². The number of nitrogens with one attached hydrogen (secondary N) is 1. The number of ether oxygens (including phenoxy) is 1. The second-order valence-corrected chi connectivity index (χ2v) is 10.2. The lowest BCUT2D eigenvalue weighted by Gasteiger charge is -2.41. The third-order valence-corrected chi connectivity index (χ3v) is 6.18. The first-order valence-electron chi connectivity index (χ1n) is 11.4. The van der Waals surface area contributed by atoms with Crippen LogP contribution in [0.3, 0.4) is 0 Å². The number of carboxylic acid groups (broad SMARTS) is 2. The molecule has 37 heavy (non-hydrogen) atoms. The van der Waals surface area contributed by atoms with Gasteiger partial charge >= 0.3 is 24.3 Å². The molecule has 0 radical (unpaired) electrons. The van der Waals surface area contributed by atoms with E-state index in [1.807, 2.05) is 0 Å². The summed E-state index contributed by atoms with van der Waals surface area (Å²) in [6, 6.07) is 1.36. The molecule has 204 valence electrons. The van der Waals surface area contributed by atoms with Crippen LogP contribution in [-0.4, -0.2) is 80.8 Å². The first-order valence-corrected chi connectivity index (χ1v) is 11.4. The van der Waals surface area contributed by atoms with E-state index in [0.717, 1.165) is 12.8 Å². The van der Waals surface area contributed by atoms with Crippen LogP contribution in [0.2, 0.25) is 0 Å². The summed E-state index contributed by atoms with van der Waals surface area (Å²) in [5.74, 6) is -5.84. The van der Waals surface area contributed by atoms with Crippen LogP contribution in [0.4, 0.5) is 34.3 Å². The predicted octanol–water partition coefficient (Wildman–Crippen LogP) is 3.12. The van der Waals surface area contributed by atoms with Crippen molar-refractivity contribution < 1.29 is 47.3 Å². The van der Waals surface area contributed by atoms with Crippen molar-refractivity contribution >= 4 is 35.6 Å². The number of carboxylic acids is 1. The van der Waals surface area contributed by atoms with E-state index in [1.54, 1.807) is 32.7 Å². The minimum atomic E-state index is -4.95. The number of carbonyl (C=O) groups is 4. The zero-order chi connectivity index (χ0) is 27.9. The van der Waals surface area contributed by atoms with Gasteiger partial charge in [-0.1, -0.05) is 0 Å². The molecule has 2 heterocycles. The molecule has 1 aliphatic heterocycles. The Morgan fingerprint density at radius 3 is 2.32 bits per heavy atom. The lowest BCUT2D eigenvalue weighted by Crippen LogP contribution is -2.60. The highest BCUT2D eigenvalue weighted by atomic mass is 19.4. The largest absolute Gasteiger partial charge is 0.480 e. The summed E-state index contributed by atoms with van der Waals surface area (Å²) in [6.07, 6.45) is -8.23. The molecule has 3 N–H and O–H groups in total. The van der Waals surface area contributed by atoms with E-state index in [0.29, 0.717) is 0 Å². The SMILES string of the molecule is CN(c1cc(NC(=O)OC(C)(C)C)nnc1CC1(C(=O)O)C[C@@H](C(F)(F)F)CN(C(=O)O)C1=O)C1CC1. The molecule has 1 saturated carbocycles. The molecular weight excluding hydrogens is 503 g/mol. The molecule has 2 aliphatic rings. The van der Waals surface area contributed by atoms with Crippen LogP contribution in [-0.2, 0) is 20.7 Å². The van der Waals surface area contributed by atoms with E-state index in [4.69, 9.17) is 4.74 Å². The van der Waals surface area contributed by atoms with Gasteiger partial charge in [0.25, 0.3) is 0 Å². The van der Waals surface area contributed by atoms with Crippen molar-refractivity contribution in [2.24, 2.45) is 11.3 Å². The third kappa shape index (κ3) is 6.20. The molecule has 0 bridgehead atoms. The number of amides is 3. The van der Waals surface area contributed by atoms with Gasteiger partial charge in [-0.25, -0.2) is 14.5 Å². The zero-order valence-corrected chi connectivity index (χ0v) is 20.6. The van der Waals surface area contributed by atoms with Gasteiger partial charge < -0.3 is 19.8 Å². The summed E-state index contributed by atoms with van der Waals surface area (Å²) in [5, 5.41) is 29.5. The van der Waals surface area contributed by atoms with E-state index < -0.39 is 66.6 Å². The third-order valence-electron chi connectivity index (χ3n) is 6.18. The number of aliphatic carboxylic acids is 1. The molecular formula is C22H28F3N5O7. The van der Waals surface area contributed by atoms with Gasteiger partial charge in [0.2, 0.25) is 5.91 Å². The van der Waals surface area contributed by atoms with Crippen LogP contribution in [0.15, 0.2) is 6.07 Å². The van der Waals surface area contributed by atoms with E-state index in [-0.39, 0.29) is 28.1 Å². The lowest BCUT2D eigenvalue weighted by atomic mass is 9.71. The highest BCUT2D eigenvalue weighted by Crippen LogP contribution is 2.45. The second kappa shape index (κ2) is 9.67. The Labute approximate surface area is 209 Å². The Hall–Kier alpha value is -3.65. The molecule has 2 atom stereocenters.